The van der Waals surface area contributed by atoms with E-state index in [1.54, 1.807) is 32.9 Å². The van der Waals surface area contributed by atoms with Gasteiger partial charge in [-0.25, -0.2) is 4.79 Å². The van der Waals surface area contributed by atoms with E-state index >= 15 is 0 Å². The van der Waals surface area contributed by atoms with Gasteiger partial charge in [0.1, 0.15) is 11.4 Å². The Morgan fingerprint density at radius 1 is 1.35 bits per heavy atom. The lowest BCUT2D eigenvalue weighted by molar-refractivity contribution is -0.124. The minimum Gasteiger partial charge on any atom is -0.484 e. The molecule has 1 aliphatic heterocycles. The normalized spacial score (nSPS) is 21.0. The Kier molecular flexibility index (Phi) is 6.48. The average Bonchev–Trinajstić information content (AvgIpc) is 2.56. The zero-order chi connectivity index (χ0) is 20.2. The third kappa shape index (κ3) is 6.57. The molecule has 1 fully saturated rings. The van der Waals surface area contributed by atoms with Gasteiger partial charge in [-0.3, -0.25) is 4.79 Å². The molecule has 2 amide bonds. The third-order valence-electron chi connectivity index (χ3n) is 3.54. The number of benzene rings is 1. The second kappa shape index (κ2) is 8.82. The van der Waals surface area contributed by atoms with E-state index in [4.69, 9.17) is 34.0 Å². The van der Waals surface area contributed by atoms with Crippen LogP contribution in [0.5, 0.6) is 5.75 Å². The van der Waals surface area contributed by atoms with Crippen molar-refractivity contribution in [2.45, 2.75) is 45.3 Å². The van der Waals surface area contributed by atoms with Crippen molar-refractivity contribution >= 4 is 35.2 Å². The molecule has 144 valence electrons. The molecule has 1 heterocycles. The molecular weight excluding hydrogens is 379 g/mol. The summed E-state index contributed by atoms with van der Waals surface area (Å²) in [6.45, 7) is 4.67. The van der Waals surface area contributed by atoms with Gasteiger partial charge in [0, 0.05) is 26.5 Å². The molecule has 1 saturated heterocycles. The highest BCUT2D eigenvalue weighted by Gasteiger charge is 2.28. The van der Waals surface area contributed by atoms with Crippen LogP contribution in [-0.4, -0.2) is 48.2 Å². The Morgan fingerprint density at radius 3 is 2.73 bits per heavy atom. The Bertz CT molecular complexity index is 696. The van der Waals surface area contributed by atoms with Crippen LogP contribution in [0, 0.1) is 0 Å². The van der Waals surface area contributed by atoms with Crippen LogP contribution < -0.4 is 10.1 Å². The van der Waals surface area contributed by atoms with Gasteiger partial charge in [0.05, 0.1) is 10.0 Å². The maximum atomic E-state index is 12.2. The number of piperidine rings is 1. The fourth-order valence-corrected chi connectivity index (χ4v) is 2.70. The summed E-state index contributed by atoms with van der Waals surface area (Å²) < 4.78 is 18.8. The molecule has 2 rings (SSSR count). The van der Waals surface area contributed by atoms with Gasteiger partial charge >= 0.3 is 6.09 Å². The lowest BCUT2D eigenvalue weighted by Gasteiger charge is -2.34. The van der Waals surface area contributed by atoms with Crippen molar-refractivity contribution in [2.75, 3.05) is 19.7 Å². The molecule has 8 heteroatoms. The second-order valence-electron chi connectivity index (χ2n) is 7.02. The summed E-state index contributed by atoms with van der Waals surface area (Å²) in [5.74, 6) is 0.114. The third-order valence-corrected chi connectivity index (χ3v) is 4.27. The molecule has 26 heavy (non-hydrogen) atoms. The molecule has 0 aliphatic carbocycles. The van der Waals surface area contributed by atoms with E-state index in [9.17, 15) is 9.59 Å². The van der Waals surface area contributed by atoms with E-state index in [2.05, 4.69) is 5.32 Å². The lowest BCUT2D eigenvalue weighted by Crippen LogP contribution is -2.51. The number of hydrogen-bond acceptors (Lipinski definition) is 4. The van der Waals surface area contributed by atoms with Gasteiger partial charge in [-0.1, -0.05) is 23.2 Å². The molecule has 1 aromatic rings. The molecule has 0 spiro atoms. The monoisotopic (exact) mass is 403 g/mol. The van der Waals surface area contributed by atoms with E-state index in [0.717, 1.165) is 0 Å². The van der Waals surface area contributed by atoms with Crippen LogP contribution >= 0.6 is 23.2 Å². The molecule has 6 nitrogen and oxygen atoms in total. The summed E-state index contributed by atoms with van der Waals surface area (Å²) in [5.41, 5.74) is -0.638. The van der Waals surface area contributed by atoms with Crippen molar-refractivity contribution in [1.82, 2.24) is 10.2 Å². The number of likely N-dealkylation sites (tertiary alicyclic amines) is 1. The summed E-state index contributed by atoms with van der Waals surface area (Å²) in [5, 5.41) is 3.58. The summed E-state index contributed by atoms with van der Waals surface area (Å²) in [4.78, 5) is 25.7. The number of halogens is 2. The van der Waals surface area contributed by atoms with Crippen molar-refractivity contribution in [2.24, 2.45) is 0 Å². The largest absolute Gasteiger partial charge is 0.484 e. The quantitative estimate of drug-likeness (QED) is 0.827. The fraction of sp³-hybridized carbons (Fsp3) is 0.556. The van der Waals surface area contributed by atoms with Gasteiger partial charge in [-0.15, -0.1) is 0 Å². The van der Waals surface area contributed by atoms with Crippen LogP contribution in [0.1, 0.15) is 35.0 Å². The number of nitrogens with zero attached hydrogens (tertiary/aromatic N) is 1. The zero-order valence-electron chi connectivity index (χ0n) is 16.1. The smallest absolute Gasteiger partial charge is 0.410 e. The number of hydrogen-bond donors (Lipinski definition) is 1. The second-order valence-corrected chi connectivity index (χ2v) is 7.84. The number of nitrogens with one attached hydrogen (secondary N) is 1. The number of rotatable bonds is 4. The van der Waals surface area contributed by atoms with Gasteiger partial charge < -0.3 is 19.7 Å². The lowest BCUT2D eigenvalue weighted by atomic mass is 10.1. The Hall–Kier alpha value is -1.66. The van der Waals surface area contributed by atoms with Gasteiger partial charge in [0.25, 0.3) is 5.91 Å². The van der Waals surface area contributed by atoms with E-state index in [1.165, 1.54) is 11.0 Å². The fourth-order valence-electron chi connectivity index (χ4n) is 2.41. The highest BCUT2D eigenvalue weighted by molar-refractivity contribution is 6.42. The Labute approximate surface area is 165 Å². The topological polar surface area (TPSA) is 67.9 Å². The van der Waals surface area contributed by atoms with Crippen LogP contribution in [0.2, 0.25) is 10.0 Å². The van der Waals surface area contributed by atoms with Gasteiger partial charge in [0.2, 0.25) is 0 Å². The summed E-state index contributed by atoms with van der Waals surface area (Å²) in [6, 6.07) is 4.48. The van der Waals surface area contributed by atoms with Crippen molar-refractivity contribution in [1.29, 1.82) is 0 Å². The van der Waals surface area contributed by atoms with Crippen molar-refractivity contribution in [3.63, 3.8) is 0 Å². The van der Waals surface area contributed by atoms with Crippen molar-refractivity contribution in [3.8, 4) is 5.75 Å². The number of carbonyl (C=O) groups excluding carboxylic acids is 2. The summed E-state index contributed by atoms with van der Waals surface area (Å²) >= 11 is 11.7. The van der Waals surface area contributed by atoms with Crippen LogP contribution in [-0.2, 0) is 9.53 Å². The van der Waals surface area contributed by atoms with E-state index < -0.39 is 18.2 Å². The van der Waals surface area contributed by atoms with Gasteiger partial charge in [0.15, 0.2) is 6.61 Å². The van der Waals surface area contributed by atoms with Crippen LogP contribution in [0.4, 0.5) is 4.79 Å². The van der Waals surface area contributed by atoms with Gasteiger partial charge in [-0.2, -0.15) is 0 Å². The zero-order valence-corrected chi connectivity index (χ0v) is 16.6. The first-order valence-corrected chi connectivity index (χ1v) is 9.10. The SMILES string of the molecule is [2H][C@@H]1CC[C@H](NC(=O)COc2ccc(Cl)c(Cl)c2)CN1C(=O)OC(C)(C)C. The first-order valence-electron chi connectivity index (χ1n) is 8.92. The van der Waals surface area contributed by atoms with Crippen LogP contribution in [0.3, 0.4) is 0 Å². The summed E-state index contributed by atoms with van der Waals surface area (Å²) in [7, 11) is 0. The molecular formula is C18H24Cl2N2O4. The minimum atomic E-state index is -0.680. The predicted octanol–water partition coefficient (Wildman–Crippen LogP) is 3.89. The van der Waals surface area contributed by atoms with E-state index in [-0.39, 0.29) is 25.1 Å². The van der Waals surface area contributed by atoms with Gasteiger partial charge in [-0.05, 0) is 45.7 Å². The molecule has 0 bridgehead atoms. The molecule has 1 aliphatic rings. The first-order chi connectivity index (χ1) is 12.5. The van der Waals surface area contributed by atoms with Crippen molar-refractivity contribution in [3.05, 3.63) is 28.2 Å². The average molecular weight is 404 g/mol. The summed E-state index contributed by atoms with van der Waals surface area (Å²) in [6.07, 6.45) is 0.512. The van der Waals surface area contributed by atoms with Crippen molar-refractivity contribution < 1.29 is 20.4 Å². The number of carbonyl (C=O) groups is 2. The maximum absolute atomic E-state index is 12.2. The molecule has 0 aromatic heterocycles. The van der Waals surface area contributed by atoms with E-state index in [1.807, 2.05) is 0 Å². The molecule has 0 saturated carbocycles. The number of amides is 2. The Morgan fingerprint density at radius 2 is 2.08 bits per heavy atom. The maximum Gasteiger partial charge on any atom is 0.410 e. The van der Waals surface area contributed by atoms with Crippen LogP contribution in [0.25, 0.3) is 0 Å². The standard InChI is InChI=1S/C18H24Cl2N2O4/c1-18(2,3)26-17(24)22-8-4-5-12(10-22)21-16(23)11-25-13-6-7-14(19)15(20)9-13/h6-7,9,12H,4-5,8,10-11H2,1-3H3,(H,21,23)/t12-/m0/s1/i8D/t8-,12+/m1. The first kappa shape index (κ1) is 19.1. The minimum absolute atomic E-state index is 0.189. The molecule has 1 N–H and O–H groups in total. The molecule has 1 aromatic carbocycles. The van der Waals surface area contributed by atoms with Crippen LogP contribution in [0.15, 0.2) is 18.2 Å². The molecule has 0 unspecified atom stereocenters. The number of ether oxygens (including phenoxy) is 2. The predicted molar refractivity (Wildman–Crippen MR) is 101 cm³/mol. The molecule has 2 atom stereocenters. The highest BCUT2D eigenvalue weighted by atomic mass is 35.5. The molecule has 0 radical (unpaired) electrons. The Balaban J connectivity index is 1.86. The highest BCUT2D eigenvalue weighted by Crippen LogP contribution is 2.26. The van der Waals surface area contributed by atoms with E-state index in [0.29, 0.717) is 28.6 Å².